The fourth-order valence-electron chi connectivity index (χ4n) is 1.07. The molecule has 4 N–H and O–H groups in total. The van der Waals surface area contributed by atoms with Gasteiger partial charge in [0.1, 0.15) is 5.82 Å². The van der Waals surface area contributed by atoms with Gasteiger partial charge in [0.25, 0.3) is 0 Å². The molecule has 1 rings (SSSR count). The maximum atomic E-state index is 10.4. The van der Waals surface area contributed by atoms with Gasteiger partial charge in [0, 0.05) is 19.3 Å². The zero-order valence-corrected chi connectivity index (χ0v) is 8.87. The number of amides is 2. The van der Waals surface area contributed by atoms with Gasteiger partial charge in [0.15, 0.2) is 0 Å². The molecule has 0 radical (unpaired) electrons. The second-order valence-electron chi connectivity index (χ2n) is 3.16. The van der Waals surface area contributed by atoms with E-state index in [1.54, 1.807) is 6.20 Å². The van der Waals surface area contributed by atoms with Gasteiger partial charge >= 0.3 is 6.03 Å². The van der Waals surface area contributed by atoms with Crippen molar-refractivity contribution >= 4 is 11.8 Å². The number of hydrogen-bond acceptors (Lipinski definition) is 4. The van der Waals surface area contributed by atoms with Crippen molar-refractivity contribution in [2.75, 3.05) is 18.4 Å². The number of aromatic nitrogens is 2. The highest BCUT2D eigenvalue weighted by atomic mass is 16.2. The Morgan fingerprint density at radius 3 is 2.87 bits per heavy atom. The number of primary amides is 1. The maximum absolute atomic E-state index is 10.4. The Balaban J connectivity index is 2.43. The number of anilines is 1. The molecule has 2 amide bonds. The van der Waals surface area contributed by atoms with Gasteiger partial charge in [-0.15, -0.1) is 0 Å². The number of carbonyl (C=O) groups excluding carboxylic acids is 1. The monoisotopic (exact) mass is 209 g/mol. The van der Waals surface area contributed by atoms with Crippen LogP contribution in [-0.4, -0.2) is 29.1 Å². The summed E-state index contributed by atoms with van der Waals surface area (Å²) in [4.78, 5) is 18.8. The lowest BCUT2D eigenvalue weighted by molar-refractivity contribution is 0.249. The average molecular weight is 209 g/mol. The summed E-state index contributed by atoms with van der Waals surface area (Å²) in [5.74, 6) is 0.737. The average Bonchev–Trinajstić information content (AvgIpc) is 2.17. The van der Waals surface area contributed by atoms with Crippen molar-refractivity contribution in [3.63, 3.8) is 0 Å². The number of nitrogens with two attached hydrogens (primary N) is 1. The summed E-state index contributed by atoms with van der Waals surface area (Å²) in [7, 11) is 0. The summed E-state index contributed by atoms with van der Waals surface area (Å²) >= 11 is 0. The van der Waals surface area contributed by atoms with Crippen LogP contribution in [0.4, 0.5) is 10.6 Å². The first kappa shape index (κ1) is 11.2. The molecular weight excluding hydrogens is 194 g/mol. The van der Waals surface area contributed by atoms with Crippen molar-refractivity contribution in [2.24, 2.45) is 5.73 Å². The number of hydrogen-bond donors (Lipinski definition) is 3. The molecule has 0 bridgehead atoms. The first-order chi connectivity index (χ1) is 7.09. The molecule has 82 valence electrons. The first-order valence-electron chi connectivity index (χ1n) is 4.67. The molecule has 0 unspecified atom stereocenters. The number of carbonyl (C=O) groups is 1. The highest BCUT2D eigenvalue weighted by molar-refractivity contribution is 5.71. The van der Waals surface area contributed by atoms with Crippen molar-refractivity contribution in [3.05, 3.63) is 17.6 Å². The van der Waals surface area contributed by atoms with Crippen LogP contribution in [0.1, 0.15) is 11.4 Å². The maximum Gasteiger partial charge on any atom is 0.312 e. The molecule has 6 heteroatoms. The Bertz CT molecular complexity index is 352. The van der Waals surface area contributed by atoms with Gasteiger partial charge in [0.2, 0.25) is 0 Å². The molecule has 0 aliphatic heterocycles. The second-order valence-corrected chi connectivity index (χ2v) is 3.16. The number of nitrogens with one attached hydrogen (secondary N) is 2. The highest BCUT2D eigenvalue weighted by Crippen LogP contribution is 2.07. The van der Waals surface area contributed by atoms with Gasteiger partial charge in [-0.3, -0.25) is 4.98 Å². The molecule has 0 aliphatic rings. The molecule has 0 fully saturated rings. The minimum absolute atomic E-state index is 0.463. The molecule has 1 aromatic heterocycles. The lowest BCUT2D eigenvalue weighted by Gasteiger charge is -2.08. The normalized spacial score (nSPS) is 9.73. The van der Waals surface area contributed by atoms with Gasteiger partial charge in [-0.2, -0.15) is 0 Å². The predicted octanol–water partition coefficient (Wildman–Crippen LogP) is 0.174. The summed E-state index contributed by atoms with van der Waals surface area (Å²) in [6.45, 7) is 4.78. The van der Waals surface area contributed by atoms with Crippen LogP contribution in [0, 0.1) is 13.8 Å². The van der Waals surface area contributed by atoms with E-state index in [4.69, 9.17) is 5.73 Å². The van der Waals surface area contributed by atoms with E-state index in [1.807, 2.05) is 13.8 Å². The summed E-state index contributed by atoms with van der Waals surface area (Å²) in [5.41, 5.74) is 6.61. The van der Waals surface area contributed by atoms with E-state index in [-0.39, 0.29) is 0 Å². The third kappa shape index (κ3) is 3.80. The van der Waals surface area contributed by atoms with Crippen LogP contribution in [-0.2, 0) is 0 Å². The van der Waals surface area contributed by atoms with Gasteiger partial charge < -0.3 is 16.4 Å². The second kappa shape index (κ2) is 5.14. The van der Waals surface area contributed by atoms with Crippen molar-refractivity contribution < 1.29 is 4.79 Å². The standard InChI is InChI=1S/C9H15N5O/c1-6-5-13-7(2)8(14-6)11-3-4-12-9(10)15/h5H,3-4H2,1-2H3,(H,11,14)(H3,10,12,15). The molecule has 0 atom stereocenters. The lowest BCUT2D eigenvalue weighted by atomic mass is 10.4. The molecular formula is C9H15N5O. The van der Waals surface area contributed by atoms with Gasteiger partial charge in [-0.1, -0.05) is 0 Å². The predicted molar refractivity (Wildman–Crippen MR) is 57.6 cm³/mol. The van der Waals surface area contributed by atoms with E-state index in [2.05, 4.69) is 20.6 Å². The zero-order valence-electron chi connectivity index (χ0n) is 8.87. The molecule has 15 heavy (non-hydrogen) atoms. The number of rotatable bonds is 4. The third-order valence-corrected chi connectivity index (χ3v) is 1.79. The summed E-state index contributed by atoms with van der Waals surface area (Å²) < 4.78 is 0. The molecule has 0 aromatic carbocycles. The molecule has 6 nitrogen and oxygen atoms in total. The van der Waals surface area contributed by atoms with E-state index in [9.17, 15) is 4.79 Å². The van der Waals surface area contributed by atoms with Crippen LogP contribution in [0.5, 0.6) is 0 Å². The minimum atomic E-state index is -0.524. The minimum Gasteiger partial charge on any atom is -0.367 e. The molecule has 0 spiro atoms. The molecule has 0 aliphatic carbocycles. The first-order valence-corrected chi connectivity index (χ1v) is 4.67. The van der Waals surface area contributed by atoms with E-state index >= 15 is 0 Å². The molecule has 1 aromatic rings. The number of nitrogens with zero attached hydrogens (tertiary/aromatic N) is 2. The van der Waals surface area contributed by atoms with E-state index < -0.39 is 6.03 Å². The van der Waals surface area contributed by atoms with Gasteiger partial charge in [0.05, 0.1) is 11.4 Å². The highest BCUT2D eigenvalue weighted by Gasteiger charge is 2.00. The van der Waals surface area contributed by atoms with Crippen LogP contribution in [0.2, 0.25) is 0 Å². The summed E-state index contributed by atoms with van der Waals surface area (Å²) in [6, 6.07) is -0.524. The largest absolute Gasteiger partial charge is 0.367 e. The number of aryl methyl sites for hydroxylation is 2. The Labute approximate surface area is 88.3 Å². The third-order valence-electron chi connectivity index (χ3n) is 1.79. The number of urea groups is 1. The Morgan fingerprint density at radius 2 is 2.20 bits per heavy atom. The van der Waals surface area contributed by atoms with Crippen LogP contribution in [0.3, 0.4) is 0 Å². The molecule has 0 saturated heterocycles. The van der Waals surface area contributed by atoms with Crippen molar-refractivity contribution in [1.29, 1.82) is 0 Å². The van der Waals surface area contributed by atoms with E-state index in [0.717, 1.165) is 17.2 Å². The van der Waals surface area contributed by atoms with Crippen LogP contribution < -0.4 is 16.4 Å². The SMILES string of the molecule is Cc1cnc(C)c(NCCNC(N)=O)n1. The quantitative estimate of drug-likeness (QED) is 0.616. The molecule has 1 heterocycles. The smallest absolute Gasteiger partial charge is 0.312 e. The topological polar surface area (TPSA) is 92.9 Å². The van der Waals surface area contributed by atoms with E-state index in [0.29, 0.717) is 13.1 Å². The van der Waals surface area contributed by atoms with Crippen molar-refractivity contribution in [1.82, 2.24) is 15.3 Å². The summed E-state index contributed by atoms with van der Waals surface area (Å²) in [6.07, 6.45) is 1.71. The van der Waals surface area contributed by atoms with Gasteiger partial charge in [-0.05, 0) is 13.8 Å². The van der Waals surface area contributed by atoms with Gasteiger partial charge in [-0.25, -0.2) is 9.78 Å². The van der Waals surface area contributed by atoms with Crippen LogP contribution in [0.25, 0.3) is 0 Å². The van der Waals surface area contributed by atoms with Crippen LogP contribution >= 0.6 is 0 Å². The van der Waals surface area contributed by atoms with E-state index in [1.165, 1.54) is 0 Å². The lowest BCUT2D eigenvalue weighted by Crippen LogP contribution is -2.33. The fraction of sp³-hybridized carbons (Fsp3) is 0.444. The fourth-order valence-corrected chi connectivity index (χ4v) is 1.07. The Kier molecular flexibility index (Phi) is 3.84. The molecule has 0 saturated carbocycles. The Morgan fingerprint density at radius 1 is 1.47 bits per heavy atom. The zero-order chi connectivity index (χ0) is 11.3. The van der Waals surface area contributed by atoms with Crippen molar-refractivity contribution in [3.8, 4) is 0 Å². The Hall–Kier alpha value is -1.85. The van der Waals surface area contributed by atoms with Crippen molar-refractivity contribution in [2.45, 2.75) is 13.8 Å². The summed E-state index contributed by atoms with van der Waals surface area (Å²) in [5, 5.41) is 5.54. The van der Waals surface area contributed by atoms with Crippen LogP contribution in [0.15, 0.2) is 6.20 Å².